The molecule has 0 bridgehead atoms. The monoisotopic (exact) mass is 540 g/mol. The molecule has 0 aromatic heterocycles. The molecule has 2 N–H and O–H groups in total. The highest BCUT2D eigenvalue weighted by atomic mass is 35.6. The van der Waals surface area contributed by atoms with Crippen LogP contribution in [-0.4, -0.2) is 45.9 Å². The van der Waals surface area contributed by atoms with E-state index in [1.54, 1.807) is 0 Å². The minimum atomic E-state index is -2.00. The van der Waals surface area contributed by atoms with Crippen molar-refractivity contribution in [1.82, 2.24) is 10.2 Å². The lowest BCUT2D eigenvalue weighted by Gasteiger charge is -2.42. The zero-order valence-electron chi connectivity index (χ0n) is 19.8. The van der Waals surface area contributed by atoms with E-state index in [0.29, 0.717) is 0 Å². The topological polar surface area (TPSA) is 71.0 Å². The molecule has 1 aliphatic rings. The molecule has 4 unspecified atom stereocenters. The van der Waals surface area contributed by atoms with Crippen LogP contribution in [-0.2, 0) is 27.4 Å². The van der Waals surface area contributed by atoms with Crippen LogP contribution >= 0.6 is 34.8 Å². The van der Waals surface area contributed by atoms with E-state index in [2.05, 4.69) is 23.7 Å². The summed E-state index contributed by atoms with van der Waals surface area (Å²) in [5, 5.41) is 12.0. The van der Waals surface area contributed by atoms with Crippen LogP contribution in [0.4, 0.5) is 0 Å². The van der Waals surface area contributed by atoms with Crippen molar-refractivity contribution in [2.75, 3.05) is 20.1 Å². The number of likely N-dealkylation sites (N-methyl/N-ethyl adjacent to an activating group) is 1. The molecule has 2 aromatic rings. The fourth-order valence-corrected chi connectivity index (χ4v) is 4.21. The van der Waals surface area contributed by atoms with Gasteiger partial charge in [-0.25, -0.2) is 0 Å². The lowest BCUT2D eigenvalue weighted by molar-refractivity contribution is -0.275. The maximum Gasteiger partial charge on any atom is 0.272 e. The van der Waals surface area contributed by atoms with Crippen LogP contribution < -0.4 is 5.32 Å². The Morgan fingerprint density at radius 3 is 2.26 bits per heavy atom. The molecule has 1 amide bonds. The lowest BCUT2D eigenvalue weighted by atomic mass is 9.90. The first kappa shape index (κ1) is 27.9. The third-order valence-electron chi connectivity index (χ3n) is 6.02. The minimum absolute atomic E-state index is 0.00344. The highest BCUT2D eigenvalue weighted by Gasteiger charge is 2.38. The molecule has 2 aromatic carbocycles. The summed E-state index contributed by atoms with van der Waals surface area (Å²) in [5.74, 6) is -0.587. The molecular weight excluding hydrogens is 511 g/mol. The van der Waals surface area contributed by atoms with Gasteiger partial charge in [0.1, 0.15) is 0 Å². The SMILES string of the molecule is C=CCN(C)CC1OC(c2ccc(CNC(=O)C(Cl)(Cl)Cl)cc2)OC(c2ccc(CO)cc2)C1C. The molecule has 190 valence electrons. The number of halogens is 3. The van der Waals surface area contributed by atoms with E-state index in [1.807, 2.05) is 61.7 Å². The van der Waals surface area contributed by atoms with E-state index in [0.717, 1.165) is 35.3 Å². The largest absolute Gasteiger partial charge is 0.392 e. The Hall–Kier alpha value is -1.64. The lowest BCUT2D eigenvalue weighted by Crippen LogP contribution is -2.43. The van der Waals surface area contributed by atoms with Gasteiger partial charge in [0.2, 0.25) is 0 Å². The molecule has 3 rings (SSSR count). The summed E-state index contributed by atoms with van der Waals surface area (Å²) in [6.45, 7) is 7.65. The Balaban J connectivity index is 1.78. The number of ether oxygens (including phenoxy) is 2. The standard InChI is InChI=1S/C26H31Cl3N2O4/c1-4-13-31(3)15-22-17(2)23(20-9-7-19(16-32)8-10-20)35-24(34-22)21-11-5-18(6-12-21)14-30-25(33)26(27,28)29/h4-12,17,22-24,32H,1,13-16H2,2-3H3,(H,30,33). The first-order valence-electron chi connectivity index (χ1n) is 11.4. The second-order valence-corrected chi connectivity index (χ2v) is 11.0. The maximum atomic E-state index is 11.8. The van der Waals surface area contributed by atoms with Crippen molar-refractivity contribution in [3.8, 4) is 0 Å². The molecule has 1 fully saturated rings. The van der Waals surface area contributed by atoms with Crippen LogP contribution in [0.15, 0.2) is 61.2 Å². The second-order valence-electron chi connectivity index (χ2n) is 8.75. The van der Waals surface area contributed by atoms with Crippen molar-refractivity contribution in [3.05, 3.63) is 83.4 Å². The Labute approximate surface area is 221 Å². The summed E-state index contributed by atoms with van der Waals surface area (Å²) < 4.78 is 10.9. The smallest absolute Gasteiger partial charge is 0.272 e. The van der Waals surface area contributed by atoms with Crippen LogP contribution in [0.25, 0.3) is 0 Å². The highest BCUT2D eigenvalue weighted by Crippen LogP contribution is 2.41. The third kappa shape index (κ3) is 7.67. The zero-order chi connectivity index (χ0) is 25.6. The number of hydrogen-bond acceptors (Lipinski definition) is 5. The highest BCUT2D eigenvalue weighted by molar-refractivity contribution is 6.76. The van der Waals surface area contributed by atoms with E-state index in [9.17, 15) is 9.90 Å². The quantitative estimate of drug-likeness (QED) is 0.342. The molecule has 9 heteroatoms. The number of rotatable bonds is 9. The van der Waals surface area contributed by atoms with E-state index >= 15 is 0 Å². The van der Waals surface area contributed by atoms with Crippen LogP contribution in [0.1, 0.15) is 41.6 Å². The fraction of sp³-hybridized carbons (Fsp3) is 0.423. The average Bonchev–Trinajstić information content (AvgIpc) is 2.83. The number of benzene rings is 2. The van der Waals surface area contributed by atoms with Crippen molar-refractivity contribution in [2.45, 2.75) is 42.4 Å². The van der Waals surface area contributed by atoms with Gasteiger partial charge < -0.3 is 24.8 Å². The Morgan fingerprint density at radius 2 is 1.69 bits per heavy atom. The minimum Gasteiger partial charge on any atom is -0.392 e. The fourth-order valence-electron chi connectivity index (χ4n) is 4.01. The van der Waals surface area contributed by atoms with Crippen LogP contribution in [0, 0.1) is 5.92 Å². The Morgan fingerprint density at radius 1 is 1.09 bits per heavy atom. The number of alkyl halides is 3. The van der Waals surface area contributed by atoms with E-state index < -0.39 is 16.0 Å². The van der Waals surface area contributed by atoms with Gasteiger partial charge in [-0.05, 0) is 23.7 Å². The average molecular weight is 542 g/mol. The molecular formula is C26H31Cl3N2O4. The van der Waals surface area contributed by atoms with E-state index in [1.165, 1.54) is 0 Å². The number of nitrogens with one attached hydrogen (secondary N) is 1. The predicted octanol–water partition coefficient (Wildman–Crippen LogP) is 5.07. The van der Waals surface area contributed by atoms with Crippen LogP contribution in [0.5, 0.6) is 0 Å². The number of hydrogen-bond donors (Lipinski definition) is 2. The molecule has 1 saturated heterocycles. The molecule has 4 atom stereocenters. The number of amides is 1. The van der Waals surface area contributed by atoms with Gasteiger partial charge in [-0.1, -0.05) is 96.3 Å². The van der Waals surface area contributed by atoms with Crippen molar-refractivity contribution in [2.24, 2.45) is 5.92 Å². The molecule has 6 nitrogen and oxygen atoms in total. The molecule has 0 spiro atoms. The molecule has 0 saturated carbocycles. The second kappa shape index (κ2) is 12.5. The molecule has 0 radical (unpaired) electrons. The van der Waals surface area contributed by atoms with Gasteiger partial charge in [-0.15, -0.1) is 6.58 Å². The van der Waals surface area contributed by atoms with Crippen molar-refractivity contribution in [3.63, 3.8) is 0 Å². The van der Waals surface area contributed by atoms with Crippen molar-refractivity contribution in [1.29, 1.82) is 0 Å². The first-order valence-corrected chi connectivity index (χ1v) is 12.5. The Kier molecular flexibility index (Phi) is 10.0. The van der Waals surface area contributed by atoms with E-state index in [4.69, 9.17) is 44.3 Å². The zero-order valence-corrected chi connectivity index (χ0v) is 22.1. The van der Waals surface area contributed by atoms with Crippen LogP contribution in [0.3, 0.4) is 0 Å². The third-order valence-corrected chi connectivity index (χ3v) is 6.53. The van der Waals surface area contributed by atoms with Crippen molar-refractivity contribution < 1.29 is 19.4 Å². The van der Waals surface area contributed by atoms with Crippen molar-refractivity contribution >= 4 is 40.7 Å². The Bertz CT molecular complexity index is 980. The summed E-state index contributed by atoms with van der Waals surface area (Å²) in [7, 11) is 2.04. The van der Waals surface area contributed by atoms with Crippen LogP contribution in [0.2, 0.25) is 0 Å². The summed E-state index contributed by atoms with van der Waals surface area (Å²) >= 11 is 16.8. The van der Waals surface area contributed by atoms with Gasteiger partial charge >= 0.3 is 0 Å². The molecule has 1 aliphatic heterocycles. The molecule has 35 heavy (non-hydrogen) atoms. The number of carbonyl (C=O) groups is 1. The van der Waals surface area contributed by atoms with Gasteiger partial charge in [-0.3, -0.25) is 4.79 Å². The first-order chi connectivity index (χ1) is 16.6. The maximum absolute atomic E-state index is 11.8. The van der Waals surface area contributed by atoms with Gasteiger partial charge in [-0.2, -0.15) is 0 Å². The number of aliphatic hydroxyl groups is 1. The molecule has 0 aliphatic carbocycles. The van der Waals surface area contributed by atoms with Gasteiger partial charge in [0, 0.05) is 31.1 Å². The predicted molar refractivity (Wildman–Crippen MR) is 139 cm³/mol. The summed E-state index contributed by atoms with van der Waals surface area (Å²) in [6, 6.07) is 15.4. The summed E-state index contributed by atoms with van der Waals surface area (Å²) in [6.07, 6.45) is 1.03. The molecule has 1 heterocycles. The number of nitrogens with zero attached hydrogens (tertiary/aromatic N) is 1. The van der Waals surface area contributed by atoms with Gasteiger partial charge in [0.15, 0.2) is 6.29 Å². The van der Waals surface area contributed by atoms with E-state index in [-0.39, 0.29) is 31.3 Å². The number of carbonyl (C=O) groups excluding carboxylic acids is 1. The van der Waals surface area contributed by atoms with Gasteiger partial charge in [0.25, 0.3) is 9.70 Å². The summed E-state index contributed by atoms with van der Waals surface area (Å²) in [4.78, 5) is 14.0. The van der Waals surface area contributed by atoms with Gasteiger partial charge in [0.05, 0.1) is 18.8 Å². The normalized spacial score (nSPS) is 22.7. The summed E-state index contributed by atoms with van der Waals surface area (Å²) in [5.41, 5.74) is 3.59. The number of aliphatic hydroxyl groups excluding tert-OH is 1.